The molecular formula is C23H29N3O5. The van der Waals surface area contributed by atoms with Gasteiger partial charge in [0.25, 0.3) is 5.91 Å². The summed E-state index contributed by atoms with van der Waals surface area (Å²) in [6, 6.07) is 6.43. The van der Waals surface area contributed by atoms with Gasteiger partial charge in [-0.25, -0.2) is 4.79 Å². The zero-order chi connectivity index (χ0) is 23.1. The van der Waals surface area contributed by atoms with Gasteiger partial charge in [0.15, 0.2) is 17.3 Å². The molecule has 0 bridgehead atoms. The van der Waals surface area contributed by atoms with E-state index in [1.54, 1.807) is 25.1 Å². The van der Waals surface area contributed by atoms with Crippen LogP contribution in [0.25, 0.3) is 0 Å². The second-order valence-corrected chi connectivity index (χ2v) is 8.19. The summed E-state index contributed by atoms with van der Waals surface area (Å²) in [5.41, 5.74) is 1.53. The number of rotatable bonds is 7. The van der Waals surface area contributed by atoms with E-state index in [9.17, 15) is 14.4 Å². The van der Waals surface area contributed by atoms with E-state index in [1.807, 2.05) is 33.8 Å². The molecule has 0 radical (unpaired) electrons. The SMILES string of the molecule is COc1ccc([C@]2(C)NC(=O)N(CC(=O)c3cc(C)n(C(C)C)c3C)C2=O)cc1OC. The molecule has 166 valence electrons. The number of ether oxygens (including phenoxy) is 2. The van der Waals surface area contributed by atoms with Gasteiger partial charge in [-0.05, 0) is 58.4 Å². The molecule has 0 aliphatic carbocycles. The molecule has 1 aromatic carbocycles. The molecule has 8 nitrogen and oxygen atoms in total. The van der Waals surface area contributed by atoms with Crippen molar-refractivity contribution in [1.29, 1.82) is 0 Å². The molecule has 1 N–H and O–H groups in total. The largest absolute Gasteiger partial charge is 0.493 e. The lowest BCUT2D eigenvalue weighted by Crippen LogP contribution is -2.41. The molecule has 1 aliphatic rings. The number of amides is 3. The number of imide groups is 1. The molecule has 1 aromatic heterocycles. The maximum Gasteiger partial charge on any atom is 0.325 e. The zero-order valence-electron chi connectivity index (χ0n) is 19.0. The third-order valence-corrected chi connectivity index (χ3v) is 5.84. The van der Waals surface area contributed by atoms with E-state index in [1.165, 1.54) is 14.2 Å². The number of urea groups is 1. The molecule has 2 aromatic rings. The summed E-state index contributed by atoms with van der Waals surface area (Å²) < 4.78 is 12.6. The summed E-state index contributed by atoms with van der Waals surface area (Å²) in [4.78, 5) is 39.9. The number of benzene rings is 1. The number of carbonyl (C=O) groups is 3. The summed E-state index contributed by atoms with van der Waals surface area (Å²) >= 11 is 0. The highest BCUT2D eigenvalue weighted by molar-refractivity contribution is 6.11. The number of methoxy groups -OCH3 is 2. The fraction of sp³-hybridized carbons (Fsp3) is 0.435. The first-order chi connectivity index (χ1) is 14.5. The van der Waals surface area contributed by atoms with Crippen LogP contribution in [-0.2, 0) is 10.3 Å². The first-order valence-electron chi connectivity index (χ1n) is 10.1. The van der Waals surface area contributed by atoms with Crippen LogP contribution in [0, 0.1) is 13.8 Å². The van der Waals surface area contributed by atoms with Gasteiger partial charge in [0.05, 0.1) is 20.8 Å². The number of aromatic nitrogens is 1. The molecule has 8 heteroatoms. The third-order valence-electron chi connectivity index (χ3n) is 5.84. The second kappa shape index (κ2) is 8.09. The van der Waals surface area contributed by atoms with Crippen molar-refractivity contribution in [3.8, 4) is 11.5 Å². The number of hydrogen-bond acceptors (Lipinski definition) is 5. The van der Waals surface area contributed by atoms with E-state index >= 15 is 0 Å². The molecule has 31 heavy (non-hydrogen) atoms. The van der Waals surface area contributed by atoms with E-state index in [2.05, 4.69) is 9.88 Å². The van der Waals surface area contributed by atoms with Crippen molar-refractivity contribution in [2.45, 2.75) is 46.2 Å². The second-order valence-electron chi connectivity index (χ2n) is 8.19. The summed E-state index contributed by atoms with van der Waals surface area (Å²) in [6.07, 6.45) is 0. The molecule has 2 heterocycles. The van der Waals surface area contributed by atoms with Crippen LogP contribution < -0.4 is 14.8 Å². The fourth-order valence-electron chi connectivity index (χ4n) is 4.27. The lowest BCUT2D eigenvalue weighted by atomic mass is 9.91. The molecule has 0 unspecified atom stereocenters. The molecule has 1 fully saturated rings. The Kier molecular flexibility index (Phi) is 5.85. The predicted molar refractivity (Wildman–Crippen MR) is 116 cm³/mol. The average Bonchev–Trinajstić information content (AvgIpc) is 3.15. The minimum atomic E-state index is -1.31. The maximum atomic E-state index is 13.2. The van der Waals surface area contributed by atoms with Crippen LogP contribution in [0.1, 0.15) is 54.1 Å². The van der Waals surface area contributed by atoms with Crippen LogP contribution in [0.5, 0.6) is 11.5 Å². The van der Waals surface area contributed by atoms with Crippen LogP contribution in [-0.4, -0.2) is 48.0 Å². The molecule has 1 saturated heterocycles. The molecular weight excluding hydrogens is 398 g/mol. The van der Waals surface area contributed by atoms with Crippen molar-refractivity contribution in [2.24, 2.45) is 0 Å². The number of hydrogen-bond donors (Lipinski definition) is 1. The molecule has 0 spiro atoms. The van der Waals surface area contributed by atoms with Gasteiger partial charge in [0, 0.05) is 23.0 Å². The van der Waals surface area contributed by atoms with Gasteiger partial charge >= 0.3 is 6.03 Å². The average molecular weight is 428 g/mol. The van der Waals surface area contributed by atoms with E-state index in [0.29, 0.717) is 22.6 Å². The van der Waals surface area contributed by atoms with Crippen LogP contribution >= 0.6 is 0 Å². The van der Waals surface area contributed by atoms with Gasteiger partial charge in [0.1, 0.15) is 5.54 Å². The van der Waals surface area contributed by atoms with Crippen LogP contribution in [0.3, 0.4) is 0 Å². The van der Waals surface area contributed by atoms with Crippen molar-refractivity contribution < 1.29 is 23.9 Å². The number of nitrogens with one attached hydrogen (secondary N) is 1. The third kappa shape index (κ3) is 3.66. The van der Waals surface area contributed by atoms with E-state index in [-0.39, 0.29) is 18.4 Å². The summed E-state index contributed by atoms with van der Waals surface area (Å²) in [5, 5.41) is 2.73. The molecule has 1 aliphatic heterocycles. The van der Waals surface area contributed by atoms with E-state index in [0.717, 1.165) is 16.3 Å². The number of carbonyl (C=O) groups excluding carboxylic acids is 3. The topological polar surface area (TPSA) is 89.9 Å². The molecule has 3 amide bonds. The standard InChI is InChI=1S/C23H29N3O5/c1-13(2)26-14(3)10-17(15(26)4)18(27)12-25-21(28)23(5,24-22(25)29)16-8-9-19(30-6)20(11-16)31-7/h8-11,13H,12H2,1-7H3,(H,24,29)/t23-/m0/s1. The number of nitrogens with zero attached hydrogens (tertiary/aromatic N) is 2. The Morgan fingerprint density at radius 3 is 2.29 bits per heavy atom. The van der Waals surface area contributed by atoms with Gasteiger partial charge in [-0.1, -0.05) is 6.07 Å². The van der Waals surface area contributed by atoms with E-state index < -0.39 is 17.5 Å². The number of ketones is 1. The van der Waals surface area contributed by atoms with Crippen molar-refractivity contribution in [2.75, 3.05) is 20.8 Å². The van der Waals surface area contributed by atoms with Gasteiger partial charge < -0.3 is 19.4 Å². The smallest absolute Gasteiger partial charge is 0.325 e. The van der Waals surface area contributed by atoms with Crippen molar-refractivity contribution in [3.63, 3.8) is 0 Å². The summed E-state index contributed by atoms with van der Waals surface area (Å²) in [7, 11) is 3.02. The fourth-order valence-corrected chi connectivity index (χ4v) is 4.27. The lowest BCUT2D eigenvalue weighted by Gasteiger charge is -2.23. The Hall–Kier alpha value is -3.29. The highest BCUT2D eigenvalue weighted by Crippen LogP contribution is 2.35. The quantitative estimate of drug-likeness (QED) is 0.541. The van der Waals surface area contributed by atoms with Gasteiger partial charge in [-0.3, -0.25) is 14.5 Å². The van der Waals surface area contributed by atoms with Crippen molar-refractivity contribution in [3.05, 3.63) is 46.8 Å². The molecule has 0 saturated carbocycles. The lowest BCUT2D eigenvalue weighted by molar-refractivity contribution is -0.130. The Bertz CT molecular complexity index is 1060. The first kappa shape index (κ1) is 22.4. The molecule has 3 rings (SSSR count). The maximum absolute atomic E-state index is 13.2. The van der Waals surface area contributed by atoms with E-state index in [4.69, 9.17) is 9.47 Å². The summed E-state index contributed by atoms with van der Waals surface area (Å²) in [6.45, 7) is 9.19. The Balaban J connectivity index is 1.89. The monoisotopic (exact) mass is 427 g/mol. The van der Waals surface area contributed by atoms with Gasteiger partial charge in [0.2, 0.25) is 0 Å². The highest BCUT2D eigenvalue weighted by atomic mass is 16.5. The zero-order valence-corrected chi connectivity index (χ0v) is 19.0. The first-order valence-corrected chi connectivity index (χ1v) is 10.1. The van der Waals surface area contributed by atoms with Crippen LogP contribution in [0.15, 0.2) is 24.3 Å². The van der Waals surface area contributed by atoms with Crippen molar-refractivity contribution >= 4 is 17.7 Å². The highest BCUT2D eigenvalue weighted by Gasteiger charge is 2.49. The Morgan fingerprint density at radius 1 is 1.10 bits per heavy atom. The molecule has 1 atom stereocenters. The van der Waals surface area contributed by atoms with Crippen LogP contribution in [0.4, 0.5) is 4.79 Å². The van der Waals surface area contributed by atoms with Crippen LogP contribution in [0.2, 0.25) is 0 Å². The number of aryl methyl sites for hydroxylation is 1. The Labute approximate surface area is 182 Å². The normalized spacial score (nSPS) is 18.5. The van der Waals surface area contributed by atoms with Crippen molar-refractivity contribution in [1.82, 2.24) is 14.8 Å². The Morgan fingerprint density at radius 2 is 1.74 bits per heavy atom. The minimum absolute atomic E-state index is 0.201. The number of Topliss-reactive ketones (excluding diaryl/α,β-unsaturated/α-hetero) is 1. The summed E-state index contributed by atoms with van der Waals surface area (Å²) in [5.74, 6) is 0.189. The van der Waals surface area contributed by atoms with Gasteiger partial charge in [-0.2, -0.15) is 0 Å². The van der Waals surface area contributed by atoms with Gasteiger partial charge in [-0.15, -0.1) is 0 Å². The predicted octanol–water partition coefficient (Wildman–Crippen LogP) is 3.35. The minimum Gasteiger partial charge on any atom is -0.493 e.